The van der Waals surface area contributed by atoms with Crippen LogP contribution in [0.15, 0.2) is 73.3 Å². The van der Waals surface area contributed by atoms with Crippen LogP contribution in [0.2, 0.25) is 30.1 Å². The van der Waals surface area contributed by atoms with Crippen LogP contribution in [-0.2, 0) is 24.4 Å². The van der Waals surface area contributed by atoms with E-state index in [2.05, 4.69) is 0 Å². The van der Waals surface area contributed by atoms with Crippen LogP contribution in [0.3, 0.4) is 0 Å². The van der Waals surface area contributed by atoms with Gasteiger partial charge in [-0.15, -0.1) is 0 Å². The highest BCUT2D eigenvalue weighted by Crippen LogP contribution is 2.31. The summed E-state index contributed by atoms with van der Waals surface area (Å²) in [5.41, 5.74) is 1.66. The van der Waals surface area contributed by atoms with E-state index in [0.29, 0.717) is 55.6 Å². The Hall–Kier alpha value is -1.15. The van der Waals surface area contributed by atoms with Crippen LogP contribution in [0.5, 0.6) is 5.75 Å². The van der Waals surface area contributed by atoms with Crippen molar-refractivity contribution in [3.8, 4) is 5.75 Å². The van der Waals surface area contributed by atoms with Crippen LogP contribution in [0.4, 0.5) is 0 Å². The molecule has 0 amide bonds. The van der Waals surface area contributed by atoms with Crippen molar-refractivity contribution in [1.82, 2.24) is 4.57 Å². The minimum Gasteiger partial charge on any atom is -1.00 e. The summed E-state index contributed by atoms with van der Waals surface area (Å²) in [7, 11) is 0. The molecule has 37 heavy (non-hydrogen) atoms. The van der Waals surface area contributed by atoms with Gasteiger partial charge in [0.05, 0.1) is 11.6 Å². The second kappa shape index (κ2) is 14.3. The zero-order chi connectivity index (χ0) is 25.7. The molecule has 4 nitrogen and oxygen atoms in total. The normalized spacial score (nSPS) is 11.7. The highest BCUT2D eigenvalue weighted by atomic mass is 79.9. The molecular formula is C26H21BrCl6N2O2. The smallest absolute Gasteiger partial charge is 0.243 e. The molecule has 0 radical (unpaired) electrons. The van der Waals surface area contributed by atoms with E-state index in [0.717, 1.165) is 11.1 Å². The molecule has 1 atom stereocenters. The van der Waals surface area contributed by atoms with Gasteiger partial charge in [-0.25, -0.2) is 9.13 Å². The maximum absolute atomic E-state index is 6.52. The molecule has 0 saturated heterocycles. The molecule has 0 aliphatic rings. The van der Waals surface area contributed by atoms with Gasteiger partial charge in [-0.1, -0.05) is 81.7 Å². The standard InChI is InChI=1S/C26H21Cl6N2O2.BrH/c27-18-2-1-17(22(30)11-18)15-36-26(21-5-3-19(28)12-23(21)31)14-34-8-7-33(16-34)9-10-35-25-6-4-20(29)13-24(25)32;/h1-8,11-13,16,26H,9-10,14-15H2;1H/q+1;/p-1. The van der Waals surface area contributed by atoms with Crippen molar-refractivity contribution in [2.75, 3.05) is 6.61 Å². The molecule has 4 aromatic rings. The van der Waals surface area contributed by atoms with Crippen LogP contribution in [-0.4, -0.2) is 11.2 Å². The molecule has 0 bridgehead atoms. The summed E-state index contributed by atoms with van der Waals surface area (Å²) in [6.07, 6.45) is 5.54. The summed E-state index contributed by atoms with van der Waals surface area (Å²) >= 11 is 37.1. The van der Waals surface area contributed by atoms with Crippen molar-refractivity contribution < 1.29 is 31.0 Å². The predicted octanol–water partition coefficient (Wildman–Crippen LogP) is 5.74. The Morgan fingerprint density at radius 3 is 2.11 bits per heavy atom. The molecule has 4 rings (SSSR count). The second-order valence-corrected chi connectivity index (χ2v) is 10.5. The first-order valence-corrected chi connectivity index (χ1v) is 13.2. The van der Waals surface area contributed by atoms with Crippen molar-refractivity contribution in [1.29, 1.82) is 0 Å². The lowest BCUT2D eigenvalue weighted by molar-refractivity contribution is -0.704. The van der Waals surface area contributed by atoms with E-state index < -0.39 is 0 Å². The Morgan fingerprint density at radius 2 is 1.43 bits per heavy atom. The van der Waals surface area contributed by atoms with E-state index in [4.69, 9.17) is 79.1 Å². The fourth-order valence-corrected chi connectivity index (χ4v) is 5.01. The third kappa shape index (κ3) is 8.67. The summed E-state index contributed by atoms with van der Waals surface area (Å²) < 4.78 is 16.1. The number of benzene rings is 3. The topological polar surface area (TPSA) is 27.3 Å². The maximum Gasteiger partial charge on any atom is 0.243 e. The lowest BCUT2D eigenvalue weighted by atomic mass is 10.1. The molecule has 3 aromatic carbocycles. The van der Waals surface area contributed by atoms with Gasteiger partial charge in [0, 0.05) is 30.7 Å². The monoisotopic (exact) mass is 682 g/mol. The Labute approximate surface area is 256 Å². The number of rotatable bonds is 10. The highest BCUT2D eigenvalue weighted by molar-refractivity contribution is 6.36. The fourth-order valence-electron chi connectivity index (χ4n) is 3.56. The molecule has 0 spiro atoms. The molecule has 1 heterocycles. The van der Waals surface area contributed by atoms with Crippen LogP contribution in [0.25, 0.3) is 0 Å². The van der Waals surface area contributed by atoms with Crippen LogP contribution < -0.4 is 26.3 Å². The average Bonchev–Trinajstić information content (AvgIpc) is 3.26. The quantitative estimate of drug-likeness (QED) is 0.199. The molecule has 0 aliphatic carbocycles. The summed E-state index contributed by atoms with van der Waals surface area (Å²) in [5.74, 6) is 0.591. The van der Waals surface area contributed by atoms with Crippen molar-refractivity contribution in [2.45, 2.75) is 25.8 Å². The molecule has 1 unspecified atom stereocenters. The van der Waals surface area contributed by atoms with E-state index in [-0.39, 0.29) is 29.7 Å². The van der Waals surface area contributed by atoms with Crippen molar-refractivity contribution in [3.05, 3.63) is 115 Å². The lowest BCUT2D eigenvalue weighted by Crippen LogP contribution is -3.00. The average molecular weight is 686 g/mol. The third-order valence-electron chi connectivity index (χ3n) is 5.39. The van der Waals surface area contributed by atoms with Crippen molar-refractivity contribution >= 4 is 69.6 Å². The molecule has 0 N–H and O–H groups in total. The van der Waals surface area contributed by atoms with Crippen LogP contribution in [0, 0.1) is 0 Å². The Morgan fingerprint density at radius 1 is 0.784 bits per heavy atom. The number of imidazole rings is 1. The van der Waals surface area contributed by atoms with Gasteiger partial charge in [0.1, 0.15) is 43.9 Å². The van der Waals surface area contributed by atoms with Gasteiger partial charge in [0.15, 0.2) is 0 Å². The molecule has 11 heteroatoms. The van der Waals surface area contributed by atoms with Gasteiger partial charge in [0.25, 0.3) is 0 Å². The van der Waals surface area contributed by atoms with Gasteiger partial charge < -0.3 is 26.5 Å². The van der Waals surface area contributed by atoms with E-state index in [1.54, 1.807) is 42.5 Å². The zero-order valence-electron chi connectivity index (χ0n) is 19.2. The van der Waals surface area contributed by atoms with E-state index >= 15 is 0 Å². The summed E-state index contributed by atoms with van der Waals surface area (Å²) in [6.45, 7) is 1.87. The summed E-state index contributed by atoms with van der Waals surface area (Å²) in [5, 5.41) is 3.24. The zero-order valence-corrected chi connectivity index (χ0v) is 25.3. The third-order valence-corrected chi connectivity index (χ3v) is 7.07. The Kier molecular flexibility index (Phi) is 11.7. The van der Waals surface area contributed by atoms with E-state index in [1.165, 1.54) is 0 Å². The number of nitrogens with zero attached hydrogens (tertiary/aromatic N) is 2. The van der Waals surface area contributed by atoms with Crippen LogP contribution in [0.1, 0.15) is 17.2 Å². The molecular weight excluding hydrogens is 665 g/mol. The molecule has 1 aromatic heterocycles. The van der Waals surface area contributed by atoms with Gasteiger partial charge in [-0.3, -0.25) is 0 Å². The van der Waals surface area contributed by atoms with E-state index in [9.17, 15) is 0 Å². The number of hydrogen-bond acceptors (Lipinski definition) is 2. The number of halogens is 7. The Balaban J connectivity index is 0.00000380. The number of hydrogen-bond donors (Lipinski definition) is 0. The fraction of sp³-hybridized carbons (Fsp3) is 0.192. The first kappa shape index (κ1) is 30.4. The number of ether oxygens (including phenoxy) is 2. The van der Waals surface area contributed by atoms with Gasteiger partial charge in [0.2, 0.25) is 6.33 Å². The number of aromatic nitrogens is 2. The molecule has 196 valence electrons. The minimum absolute atomic E-state index is 0. The maximum atomic E-state index is 6.52. The minimum atomic E-state index is -0.355. The Bertz CT molecular complexity index is 1350. The van der Waals surface area contributed by atoms with Gasteiger partial charge in [-0.2, -0.15) is 0 Å². The second-order valence-electron chi connectivity index (χ2n) is 7.97. The summed E-state index contributed by atoms with van der Waals surface area (Å²) in [4.78, 5) is 0. The van der Waals surface area contributed by atoms with Gasteiger partial charge >= 0.3 is 0 Å². The van der Waals surface area contributed by atoms with Crippen molar-refractivity contribution in [2.24, 2.45) is 0 Å². The first-order valence-electron chi connectivity index (χ1n) is 10.9. The largest absolute Gasteiger partial charge is 1.00 e. The first-order chi connectivity index (χ1) is 17.3. The van der Waals surface area contributed by atoms with Crippen molar-refractivity contribution in [3.63, 3.8) is 0 Å². The molecule has 0 saturated carbocycles. The van der Waals surface area contributed by atoms with Gasteiger partial charge in [-0.05, 0) is 48.0 Å². The summed E-state index contributed by atoms with van der Waals surface area (Å²) in [6, 6.07) is 15.9. The predicted molar refractivity (Wildman–Crippen MR) is 147 cm³/mol. The lowest BCUT2D eigenvalue weighted by Gasteiger charge is -2.19. The molecule has 0 aliphatic heterocycles. The SMILES string of the molecule is Clc1ccc(COC(C[n+]2ccn(CCOc3ccc(Cl)cc3Cl)c2)c2ccc(Cl)cc2Cl)c(Cl)c1.[Br-]. The van der Waals surface area contributed by atoms with Crippen LogP contribution >= 0.6 is 69.6 Å². The van der Waals surface area contributed by atoms with E-state index in [1.807, 2.05) is 40.0 Å². The molecule has 0 fully saturated rings. The highest BCUT2D eigenvalue weighted by Gasteiger charge is 2.20.